The Morgan fingerprint density at radius 3 is 2.42 bits per heavy atom. The Bertz CT molecular complexity index is 1320. The molecule has 166 valence electrons. The lowest BCUT2D eigenvalue weighted by atomic mass is 9.90. The number of para-hydroxylation sites is 1. The Morgan fingerprint density at radius 1 is 0.939 bits per heavy atom. The largest absolute Gasteiger partial charge is 0.457 e. The summed E-state index contributed by atoms with van der Waals surface area (Å²) in [6, 6.07) is 17.7. The van der Waals surface area contributed by atoms with Crippen molar-refractivity contribution in [3.05, 3.63) is 78.8 Å². The van der Waals surface area contributed by atoms with Crippen LogP contribution < -0.4 is 10.5 Å². The van der Waals surface area contributed by atoms with Crippen LogP contribution in [-0.2, 0) is 9.47 Å². The summed E-state index contributed by atoms with van der Waals surface area (Å²) >= 11 is 0. The third-order valence-electron chi connectivity index (χ3n) is 6.29. The molecule has 7 heteroatoms. The topological polar surface area (TPSA) is 84.4 Å². The number of nitrogens with zero attached hydrogens (tertiary/aromatic N) is 3. The molecule has 4 aromatic rings. The molecule has 3 heterocycles. The van der Waals surface area contributed by atoms with E-state index in [2.05, 4.69) is 26.8 Å². The second-order valence-electron chi connectivity index (χ2n) is 8.32. The van der Waals surface area contributed by atoms with Crippen molar-refractivity contribution in [1.29, 1.82) is 0 Å². The normalized spacial score (nSPS) is 17.4. The van der Waals surface area contributed by atoms with Crippen LogP contribution in [0.4, 0.5) is 5.82 Å². The fourth-order valence-electron chi connectivity index (χ4n) is 4.63. The first-order valence-electron chi connectivity index (χ1n) is 11.1. The Kier molecular flexibility index (Phi) is 4.86. The van der Waals surface area contributed by atoms with Crippen molar-refractivity contribution in [3.8, 4) is 17.2 Å². The summed E-state index contributed by atoms with van der Waals surface area (Å²) in [7, 11) is 0. The average Bonchev–Trinajstić information content (AvgIpc) is 3.47. The van der Waals surface area contributed by atoms with Crippen molar-refractivity contribution in [2.24, 2.45) is 0 Å². The number of nitrogen functional groups attached to an aromatic ring is 1. The number of aromatic nitrogens is 3. The molecule has 0 radical (unpaired) electrons. The molecule has 1 saturated heterocycles. The van der Waals surface area contributed by atoms with Gasteiger partial charge in [-0.15, -0.1) is 0 Å². The van der Waals surface area contributed by atoms with Gasteiger partial charge in [0.05, 0.1) is 13.2 Å². The number of nitrogens with two attached hydrogens (primary N) is 1. The molecule has 2 aromatic carbocycles. The van der Waals surface area contributed by atoms with E-state index in [1.54, 1.807) is 0 Å². The van der Waals surface area contributed by atoms with Crippen molar-refractivity contribution < 1.29 is 14.2 Å². The van der Waals surface area contributed by atoms with Gasteiger partial charge in [-0.2, -0.15) is 0 Å². The lowest BCUT2D eigenvalue weighted by molar-refractivity contribution is -0.159. The van der Waals surface area contributed by atoms with Gasteiger partial charge in [0.15, 0.2) is 11.6 Å². The number of benzene rings is 2. The molecule has 1 fully saturated rings. The van der Waals surface area contributed by atoms with Gasteiger partial charge in [0.1, 0.15) is 28.9 Å². The van der Waals surface area contributed by atoms with Crippen molar-refractivity contribution >= 4 is 22.4 Å². The van der Waals surface area contributed by atoms with Crippen molar-refractivity contribution in [2.45, 2.75) is 25.0 Å². The van der Waals surface area contributed by atoms with E-state index in [1.807, 2.05) is 54.6 Å². The smallest absolute Gasteiger partial charge is 0.172 e. The second kappa shape index (κ2) is 8.03. The van der Waals surface area contributed by atoms with Gasteiger partial charge in [-0.3, -0.25) is 0 Å². The van der Waals surface area contributed by atoms with Crippen LogP contribution in [0.25, 0.3) is 22.3 Å². The highest BCUT2D eigenvalue weighted by atomic mass is 16.7. The minimum absolute atomic E-state index is 0.450. The van der Waals surface area contributed by atoms with Gasteiger partial charge < -0.3 is 24.5 Å². The molecule has 2 aliphatic rings. The van der Waals surface area contributed by atoms with Crippen LogP contribution in [0.2, 0.25) is 0 Å². The third kappa shape index (κ3) is 3.65. The monoisotopic (exact) mass is 440 g/mol. The summed E-state index contributed by atoms with van der Waals surface area (Å²) in [5.74, 6) is 1.56. The van der Waals surface area contributed by atoms with E-state index < -0.39 is 5.79 Å². The molecular weight excluding hydrogens is 416 g/mol. The number of ether oxygens (including phenoxy) is 3. The van der Waals surface area contributed by atoms with E-state index in [9.17, 15) is 0 Å². The van der Waals surface area contributed by atoms with E-state index in [1.165, 1.54) is 11.9 Å². The second-order valence-corrected chi connectivity index (χ2v) is 8.32. The lowest BCUT2D eigenvalue weighted by Crippen LogP contribution is -2.31. The van der Waals surface area contributed by atoms with Crippen molar-refractivity contribution in [1.82, 2.24) is 14.5 Å². The molecule has 2 aromatic heterocycles. The number of fused-ring (bicyclic) bond motifs is 1. The number of hydrogen-bond acceptors (Lipinski definition) is 6. The van der Waals surface area contributed by atoms with Crippen LogP contribution in [0.3, 0.4) is 0 Å². The van der Waals surface area contributed by atoms with Crippen LogP contribution >= 0.6 is 0 Å². The van der Waals surface area contributed by atoms with Crippen molar-refractivity contribution in [2.75, 3.05) is 18.9 Å². The van der Waals surface area contributed by atoms with E-state index in [-0.39, 0.29) is 0 Å². The standard InChI is InChI=1S/C26H24N4O3/c27-25-24-23(28-17-29-25)22(18-10-12-26(13-11-18)31-14-15-32-26)16-30(24)19-6-8-21(9-7-19)33-20-4-2-1-3-5-20/h1-10,16-17H,11-15H2,(H2,27,28,29). The Hall–Kier alpha value is -3.68. The van der Waals surface area contributed by atoms with Crippen LogP contribution in [0.15, 0.2) is 73.2 Å². The Labute approximate surface area is 191 Å². The summed E-state index contributed by atoms with van der Waals surface area (Å²) < 4.78 is 19.7. The highest BCUT2D eigenvalue weighted by Crippen LogP contribution is 2.41. The predicted molar refractivity (Wildman–Crippen MR) is 126 cm³/mol. The molecule has 7 nitrogen and oxygen atoms in total. The quantitative estimate of drug-likeness (QED) is 0.475. The van der Waals surface area contributed by atoms with Gasteiger partial charge in [-0.1, -0.05) is 24.3 Å². The van der Waals surface area contributed by atoms with E-state index in [0.29, 0.717) is 19.0 Å². The summed E-state index contributed by atoms with van der Waals surface area (Å²) in [5, 5.41) is 0. The Balaban J connectivity index is 1.36. The molecule has 2 N–H and O–H groups in total. The molecule has 0 saturated carbocycles. The zero-order valence-electron chi connectivity index (χ0n) is 18.1. The van der Waals surface area contributed by atoms with Gasteiger partial charge >= 0.3 is 0 Å². The molecular formula is C26H24N4O3. The van der Waals surface area contributed by atoms with Gasteiger partial charge in [-0.05, 0) is 48.4 Å². The molecule has 0 bridgehead atoms. The zero-order chi connectivity index (χ0) is 22.3. The summed E-state index contributed by atoms with van der Waals surface area (Å²) in [5.41, 5.74) is 11.2. The molecule has 33 heavy (non-hydrogen) atoms. The Morgan fingerprint density at radius 2 is 1.70 bits per heavy atom. The molecule has 6 rings (SSSR count). The fraction of sp³-hybridized carbons (Fsp3) is 0.231. The molecule has 1 aliphatic carbocycles. The summed E-state index contributed by atoms with van der Waals surface area (Å²) in [4.78, 5) is 8.83. The molecule has 1 spiro atoms. The molecule has 1 aliphatic heterocycles. The maximum atomic E-state index is 6.31. The van der Waals surface area contributed by atoms with E-state index >= 15 is 0 Å². The SMILES string of the molecule is Nc1ncnc2c(C3=CCC4(CC3)OCCO4)cn(-c3ccc(Oc4ccccc4)cc3)c12. The maximum Gasteiger partial charge on any atom is 0.172 e. The molecule has 0 atom stereocenters. The highest BCUT2D eigenvalue weighted by Gasteiger charge is 2.38. The van der Waals surface area contributed by atoms with Crippen LogP contribution in [-0.4, -0.2) is 33.5 Å². The molecule has 0 unspecified atom stereocenters. The fourth-order valence-corrected chi connectivity index (χ4v) is 4.63. The van der Waals surface area contributed by atoms with E-state index in [4.69, 9.17) is 19.9 Å². The molecule has 0 amide bonds. The first-order valence-corrected chi connectivity index (χ1v) is 11.1. The highest BCUT2D eigenvalue weighted by molar-refractivity contribution is 5.96. The first kappa shape index (κ1) is 20.0. The average molecular weight is 441 g/mol. The van der Waals surface area contributed by atoms with Gasteiger partial charge in [-0.25, -0.2) is 9.97 Å². The third-order valence-corrected chi connectivity index (χ3v) is 6.29. The predicted octanol–water partition coefficient (Wildman–Crippen LogP) is 5.11. The zero-order valence-corrected chi connectivity index (χ0v) is 18.1. The number of rotatable bonds is 4. The number of anilines is 1. The van der Waals surface area contributed by atoms with Crippen LogP contribution in [0, 0.1) is 0 Å². The minimum atomic E-state index is -0.454. The van der Waals surface area contributed by atoms with Gasteiger partial charge in [0.25, 0.3) is 0 Å². The van der Waals surface area contributed by atoms with Gasteiger partial charge in [0, 0.05) is 30.3 Å². The summed E-state index contributed by atoms with van der Waals surface area (Å²) in [6.07, 6.45) is 8.26. The minimum Gasteiger partial charge on any atom is -0.457 e. The number of allylic oxidation sites excluding steroid dienone is 1. The van der Waals surface area contributed by atoms with Crippen LogP contribution in [0.5, 0.6) is 11.5 Å². The van der Waals surface area contributed by atoms with Crippen molar-refractivity contribution in [3.63, 3.8) is 0 Å². The first-order chi connectivity index (χ1) is 16.2. The summed E-state index contributed by atoms with van der Waals surface area (Å²) in [6.45, 7) is 1.33. The number of hydrogen-bond donors (Lipinski definition) is 1. The van der Waals surface area contributed by atoms with E-state index in [0.717, 1.165) is 53.0 Å². The maximum absolute atomic E-state index is 6.31. The van der Waals surface area contributed by atoms with Crippen LogP contribution in [0.1, 0.15) is 24.8 Å². The van der Waals surface area contributed by atoms with Gasteiger partial charge in [0.2, 0.25) is 0 Å². The lowest BCUT2D eigenvalue weighted by Gasteiger charge is -2.30.